The zero-order valence-corrected chi connectivity index (χ0v) is 11.6. The Morgan fingerprint density at radius 1 is 1.47 bits per heavy atom. The predicted molar refractivity (Wildman–Crippen MR) is 76.9 cm³/mol. The molecule has 0 saturated carbocycles. The van der Waals surface area contributed by atoms with Crippen LogP contribution in [0.2, 0.25) is 5.02 Å². The summed E-state index contributed by atoms with van der Waals surface area (Å²) in [6.45, 7) is 8.34. The maximum Gasteiger partial charge on any atom is 0.159 e. The third-order valence-electron chi connectivity index (χ3n) is 2.76. The summed E-state index contributed by atoms with van der Waals surface area (Å²) in [7, 11) is 0. The van der Waals surface area contributed by atoms with Crippen LogP contribution >= 0.6 is 11.6 Å². The molecule has 0 unspecified atom stereocenters. The predicted octanol–water partition coefficient (Wildman–Crippen LogP) is 4.08. The standard InChI is InChI=1S/C15H13ClN2O/c1-4-19-10(3)11-5-9(2)6-14-12(11)7-13(16)15(8-17)18-14/h5-7H,3-4H2,1-2H3. The van der Waals surface area contributed by atoms with Crippen molar-refractivity contribution in [3.8, 4) is 6.07 Å². The van der Waals surface area contributed by atoms with Gasteiger partial charge in [0.2, 0.25) is 0 Å². The Hall–Kier alpha value is -2.05. The highest BCUT2D eigenvalue weighted by Crippen LogP contribution is 2.29. The minimum atomic E-state index is 0.229. The van der Waals surface area contributed by atoms with Crippen molar-refractivity contribution in [3.05, 3.63) is 46.6 Å². The first-order valence-electron chi connectivity index (χ1n) is 5.90. The van der Waals surface area contributed by atoms with Crippen LogP contribution in [0.5, 0.6) is 0 Å². The van der Waals surface area contributed by atoms with E-state index in [2.05, 4.69) is 11.6 Å². The second kappa shape index (κ2) is 5.29. The topological polar surface area (TPSA) is 45.9 Å². The quantitative estimate of drug-likeness (QED) is 0.791. The normalized spacial score (nSPS) is 10.2. The van der Waals surface area contributed by atoms with Gasteiger partial charge in [0.25, 0.3) is 0 Å². The number of hydrogen-bond acceptors (Lipinski definition) is 3. The van der Waals surface area contributed by atoms with Gasteiger partial charge in [-0.25, -0.2) is 4.98 Å². The van der Waals surface area contributed by atoms with Crippen LogP contribution in [0.1, 0.15) is 23.7 Å². The van der Waals surface area contributed by atoms with Crippen LogP contribution in [-0.2, 0) is 4.74 Å². The van der Waals surface area contributed by atoms with Gasteiger partial charge in [-0.15, -0.1) is 0 Å². The van der Waals surface area contributed by atoms with E-state index in [1.54, 1.807) is 6.07 Å². The lowest BCUT2D eigenvalue weighted by Crippen LogP contribution is -1.95. The minimum Gasteiger partial charge on any atom is -0.494 e. The van der Waals surface area contributed by atoms with Crippen molar-refractivity contribution in [1.82, 2.24) is 4.98 Å². The lowest BCUT2D eigenvalue weighted by Gasteiger charge is -2.12. The van der Waals surface area contributed by atoms with E-state index in [1.165, 1.54) is 0 Å². The second-order valence-electron chi connectivity index (χ2n) is 4.17. The molecule has 0 aliphatic rings. The van der Waals surface area contributed by atoms with Crippen LogP contribution in [0.3, 0.4) is 0 Å². The Balaban J connectivity index is 2.74. The van der Waals surface area contributed by atoms with E-state index in [4.69, 9.17) is 21.6 Å². The summed E-state index contributed by atoms with van der Waals surface area (Å²) in [6, 6.07) is 7.61. The van der Waals surface area contributed by atoms with Crippen molar-refractivity contribution in [1.29, 1.82) is 5.26 Å². The molecular weight excluding hydrogens is 260 g/mol. The van der Waals surface area contributed by atoms with Crippen LogP contribution in [0, 0.1) is 18.3 Å². The van der Waals surface area contributed by atoms with Gasteiger partial charge in [0.1, 0.15) is 11.8 Å². The SMILES string of the molecule is C=C(OCC)c1cc(C)cc2nc(C#N)c(Cl)cc12. The second-order valence-corrected chi connectivity index (χ2v) is 4.57. The van der Waals surface area contributed by atoms with Gasteiger partial charge in [-0.3, -0.25) is 0 Å². The summed E-state index contributed by atoms with van der Waals surface area (Å²) in [4.78, 5) is 4.27. The average Bonchev–Trinajstić information content (AvgIpc) is 2.38. The fraction of sp³-hybridized carbons (Fsp3) is 0.200. The molecule has 1 aromatic heterocycles. The van der Waals surface area contributed by atoms with Gasteiger partial charge in [-0.05, 0) is 37.6 Å². The molecule has 0 aliphatic carbocycles. The molecular formula is C15H13ClN2O. The minimum absolute atomic E-state index is 0.229. The zero-order valence-electron chi connectivity index (χ0n) is 10.8. The monoisotopic (exact) mass is 272 g/mol. The van der Waals surface area contributed by atoms with Gasteiger partial charge in [-0.2, -0.15) is 5.26 Å². The van der Waals surface area contributed by atoms with Crippen LogP contribution in [0.15, 0.2) is 24.8 Å². The smallest absolute Gasteiger partial charge is 0.159 e. The Bertz CT molecular complexity index is 701. The molecule has 0 bridgehead atoms. The lowest BCUT2D eigenvalue weighted by atomic mass is 10.0. The fourth-order valence-electron chi connectivity index (χ4n) is 1.95. The molecule has 0 radical (unpaired) electrons. The van der Waals surface area contributed by atoms with E-state index in [1.807, 2.05) is 32.0 Å². The molecule has 0 amide bonds. The van der Waals surface area contributed by atoms with Gasteiger partial charge in [0.15, 0.2) is 5.69 Å². The summed E-state index contributed by atoms with van der Waals surface area (Å²) >= 11 is 6.04. The number of pyridine rings is 1. The van der Waals surface area contributed by atoms with Gasteiger partial charge in [0, 0.05) is 10.9 Å². The number of rotatable bonds is 3. The van der Waals surface area contributed by atoms with Gasteiger partial charge in [0.05, 0.1) is 17.1 Å². The molecule has 3 nitrogen and oxygen atoms in total. The molecule has 19 heavy (non-hydrogen) atoms. The highest BCUT2D eigenvalue weighted by Gasteiger charge is 2.11. The van der Waals surface area contributed by atoms with E-state index >= 15 is 0 Å². The van der Waals surface area contributed by atoms with Crippen molar-refractivity contribution in [2.75, 3.05) is 6.61 Å². The van der Waals surface area contributed by atoms with E-state index in [0.29, 0.717) is 17.4 Å². The summed E-state index contributed by atoms with van der Waals surface area (Å²) in [5, 5.41) is 10.1. The van der Waals surface area contributed by atoms with Crippen LogP contribution in [0.25, 0.3) is 16.7 Å². The van der Waals surface area contributed by atoms with Crippen molar-refractivity contribution < 1.29 is 4.74 Å². The zero-order chi connectivity index (χ0) is 14.0. The molecule has 0 saturated heterocycles. The largest absolute Gasteiger partial charge is 0.494 e. The summed E-state index contributed by atoms with van der Waals surface area (Å²) < 4.78 is 5.46. The lowest BCUT2D eigenvalue weighted by molar-refractivity contribution is 0.299. The molecule has 1 heterocycles. The Morgan fingerprint density at radius 2 is 2.21 bits per heavy atom. The molecule has 4 heteroatoms. The highest BCUT2D eigenvalue weighted by atomic mass is 35.5. The number of benzene rings is 1. The van der Waals surface area contributed by atoms with E-state index in [-0.39, 0.29) is 5.69 Å². The van der Waals surface area contributed by atoms with Crippen LogP contribution in [-0.4, -0.2) is 11.6 Å². The molecule has 0 N–H and O–H groups in total. The molecule has 2 rings (SSSR count). The van der Waals surface area contributed by atoms with E-state index in [0.717, 1.165) is 22.0 Å². The molecule has 0 spiro atoms. The molecule has 1 aromatic carbocycles. The molecule has 0 aliphatic heterocycles. The summed E-state index contributed by atoms with van der Waals surface area (Å²) in [5.74, 6) is 0.582. The Morgan fingerprint density at radius 3 is 2.84 bits per heavy atom. The number of ether oxygens (including phenoxy) is 1. The number of nitriles is 1. The number of halogens is 1. The Labute approximate surface area is 117 Å². The molecule has 2 aromatic rings. The molecule has 0 atom stereocenters. The third kappa shape index (κ3) is 2.54. The van der Waals surface area contributed by atoms with Crippen molar-refractivity contribution >= 4 is 28.3 Å². The van der Waals surface area contributed by atoms with Crippen LogP contribution in [0.4, 0.5) is 0 Å². The molecule has 96 valence electrons. The van der Waals surface area contributed by atoms with E-state index in [9.17, 15) is 0 Å². The number of nitrogens with zero attached hydrogens (tertiary/aromatic N) is 2. The van der Waals surface area contributed by atoms with Gasteiger partial charge >= 0.3 is 0 Å². The maximum absolute atomic E-state index is 8.97. The van der Waals surface area contributed by atoms with Gasteiger partial charge in [-0.1, -0.05) is 18.2 Å². The Kier molecular flexibility index (Phi) is 3.73. The van der Waals surface area contributed by atoms with Crippen molar-refractivity contribution in [3.63, 3.8) is 0 Å². The summed E-state index contributed by atoms with van der Waals surface area (Å²) in [5.41, 5.74) is 2.84. The number of hydrogen-bond donors (Lipinski definition) is 0. The number of aryl methyl sites for hydroxylation is 1. The van der Waals surface area contributed by atoms with Crippen molar-refractivity contribution in [2.45, 2.75) is 13.8 Å². The third-order valence-corrected chi connectivity index (χ3v) is 3.05. The number of fused-ring (bicyclic) bond motifs is 1. The fourth-order valence-corrected chi connectivity index (χ4v) is 2.15. The first kappa shape index (κ1) is 13.4. The van der Waals surface area contributed by atoms with Crippen molar-refractivity contribution in [2.24, 2.45) is 0 Å². The summed E-state index contributed by atoms with van der Waals surface area (Å²) in [6.07, 6.45) is 0. The van der Waals surface area contributed by atoms with E-state index < -0.39 is 0 Å². The first-order chi connectivity index (χ1) is 9.06. The van der Waals surface area contributed by atoms with Crippen LogP contribution < -0.4 is 0 Å². The number of aromatic nitrogens is 1. The first-order valence-corrected chi connectivity index (χ1v) is 6.27. The highest BCUT2D eigenvalue weighted by molar-refractivity contribution is 6.32. The average molecular weight is 273 g/mol. The van der Waals surface area contributed by atoms with Gasteiger partial charge < -0.3 is 4.74 Å². The maximum atomic E-state index is 8.97. The molecule has 0 fully saturated rings.